The number of rotatable bonds is 7. The van der Waals surface area contributed by atoms with Crippen molar-refractivity contribution in [3.63, 3.8) is 0 Å². The average Bonchev–Trinajstić information content (AvgIpc) is 2.91. The SMILES string of the molecule is O=S(=O)(NCCF)c1ccc(COc2c(Cl)ccc3c2CCNCC3)cc1. The maximum absolute atomic E-state index is 12.2. The van der Waals surface area contributed by atoms with E-state index in [0.717, 1.165) is 37.1 Å². The Morgan fingerprint density at radius 1 is 1.11 bits per heavy atom. The Morgan fingerprint density at radius 3 is 2.59 bits per heavy atom. The van der Waals surface area contributed by atoms with E-state index in [0.29, 0.717) is 10.8 Å². The standard InChI is InChI=1S/C19H22ClFN2O3S/c20-18-6-3-15-7-10-22-11-8-17(15)19(18)26-13-14-1-4-16(5-2-14)27(24,25)23-12-9-21/h1-6,22-23H,7-13H2. The van der Waals surface area contributed by atoms with Gasteiger partial charge >= 0.3 is 0 Å². The van der Waals surface area contributed by atoms with Gasteiger partial charge in [-0.25, -0.2) is 17.5 Å². The zero-order chi connectivity index (χ0) is 19.3. The van der Waals surface area contributed by atoms with Gasteiger partial charge in [-0.3, -0.25) is 0 Å². The van der Waals surface area contributed by atoms with Crippen LogP contribution in [0.2, 0.25) is 5.02 Å². The van der Waals surface area contributed by atoms with Gasteiger partial charge in [-0.05, 0) is 55.3 Å². The van der Waals surface area contributed by atoms with Crippen LogP contribution in [-0.2, 0) is 29.5 Å². The molecule has 27 heavy (non-hydrogen) atoms. The summed E-state index contributed by atoms with van der Waals surface area (Å²) in [6.45, 7) is 1.10. The van der Waals surface area contributed by atoms with Gasteiger partial charge in [0, 0.05) is 12.1 Å². The second kappa shape index (κ2) is 9.01. The molecule has 2 N–H and O–H groups in total. The van der Waals surface area contributed by atoms with Gasteiger partial charge in [0.25, 0.3) is 0 Å². The normalized spacial score (nSPS) is 14.4. The minimum Gasteiger partial charge on any atom is -0.487 e. The molecular weight excluding hydrogens is 391 g/mol. The molecule has 0 saturated heterocycles. The molecule has 0 saturated carbocycles. The zero-order valence-electron chi connectivity index (χ0n) is 14.8. The lowest BCUT2D eigenvalue weighted by molar-refractivity contribution is 0.303. The average molecular weight is 413 g/mol. The summed E-state index contributed by atoms with van der Waals surface area (Å²) in [5.41, 5.74) is 3.18. The Bertz CT molecular complexity index is 889. The van der Waals surface area contributed by atoms with E-state index >= 15 is 0 Å². The van der Waals surface area contributed by atoms with Crippen LogP contribution in [0.25, 0.3) is 0 Å². The molecular formula is C19H22ClFN2O3S. The molecule has 0 spiro atoms. The molecule has 0 amide bonds. The number of alkyl halides is 1. The van der Waals surface area contributed by atoms with Crippen molar-refractivity contribution in [2.45, 2.75) is 24.3 Å². The van der Waals surface area contributed by atoms with Gasteiger partial charge in [-0.15, -0.1) is 0 Å². The van der Waals surface area contributed by atoms with Crippen LogP contribution in [0.5, 0.6) is 5.75 Å². The van der Waals surface area contributed by atoms with E-state index in [4.69, 9.17) is 16.3 Å². The molecule has 0 unspecified atom stereocenters. The van der Waals surface area contributed by atoms with Crippen molar-refractivity contribution < 1.29 is 17.5 Å². The summed E-state index contributed by atoms with van der Waals surface area (Å²) < 4.78 is 44.3. The first-order chi connectivity index (χ1) is 13.0. The summed E-state index contributed by atoms with van der Waals surface area (Å²) >= 11 is 6.35. The summed E-state index contributed by atoms with van der Waals surface area (Å²) in [5.74, 6) is 0.694. The van der Waals surface area contributed by atoms with Gasteiger partial charge < -0.3 is 10.1 Å². The fraction of sp³-hybridized carbons (Fsp3) is 0.368. The van der Waals surface area contributed by atoms with Crippen molar-refractivity contribution >= 4 is 21.6 Å². The van der Waals surface area contributed by atoms with Crippen molar-refractivity contribution in [2.24, 2.45) is 0 Å². The van der Waals surface area contributed by atoms with Crippen LogP contribution in [0.4, 0.5) is 4.39 Å². The van der Waals surface area contributed by atoms with Crippen LogP contribution >= 0.6 is 11.6 Å². The quantitative estimate of drug-likeness (QED) is 0.733. The van der Waals surface area contributed by atoms with Gasteiger partial charge in [-0.1, -0.05) is 29.8 Å². The lowest BCUT2D eigenvalue weighted by atomic mass is 10.0. The number of fused-ring (bicyclic) bond motifs is 1. The summed E-state index contributed by atoms with van der Waals surface area (Å²) in [6.07, 6.45) is 1.78. The van der Waals surface area contributed by atoms with Crippen LogP contribution < -0.4 is 14.8 Å². The van der Waals surface area contributed by atoms with Crippen molar-refractivity contribution in [3.05, 3.63) is 58.1 Å². The molecule has 0 aliphatic carbocycles. The number of hydrogen-bond acceptors (Lipinski definition) is 4. The molecule has 2 aromatic rings. The molecule has 1 aliphatic rings. The summed E-state index contributed by atoms with van der Waals surface area (Å²) in [7, 11) is -3.69. The van der Waals surface area contributed by atoms with E-state index in [1.807, 2.05) is 12.1 Å². The highest BCUT2D eigenvalue weighted by molar-refractivity contribution is 7.89. The minimum atomic E-state index is -3.69. The van der Waals surface area contributed by atoms with Crippen LogP contribution in [0.15, 0.2) is 41.3 Å². The predicted octanol–water partition coefficient (Wildman–Crippen LogP) is 2.86. The third kappa shape index (κ3) is 4.99. The minimum absolute atomic E-state index is 0.0948. The van der Waals surface area contributed by atoms with E-state index in [1.54, 1.807) is 12.1 Å². The highest BCUT2D eigenvalue weighted by Gasteiger charge is 2.17. The summed E-state index contributed by atoms with van der Waals surface area (Å²) in [6, 6.07) is 10.2. The Morgan fingerprint density at radius 2 is 1.85 bits per heavy atom. The van der Waals surface area contributed by atoms with Gasteiger partial charge in [0.1, 0.15) is 19.0 Å². The van der Waals surface area contributed by atoms with Crippen LogP contribution in [0, 0.1) is 0 Å². The van der Waals surface area contributed by atoms with Crippen molar-refractivity contribution in [1.29, 1.82) is 0 Å². The van der Waals surface area contributed by atoms with E-state index in [1.165, 1.54) is 17.7 Å². The number of ether oxygens (including phenoxy) is 1. The molecule has 1 aliphatic heterocycles. The number of nitrogens with one attached hydrogen (secondary N) is 2. The van der Waals surface area contributed by atoms with E-state index < -0.39 is 16.7 Å². The first-order valence-corrected chi connectivity index (χ1v) is 10.7. The molecule has 146 valence electrons. The third-order valence-corrected chi connectivity index (χ3v) is 6.21. The number of benzene rings is 2. The Balaban J connectivity index is 1.72. The summed E-state index contributed by atoms with van der Waals surface area (Å²) in [5, 5.41) is 3.94. The lowest BCUT2D eigenvalue weighted by Crippen LogP contribution is -2.25. The maximum atomic E-state index is 12.2. The van der Waals surface area contributed by atoms with Crippen molar-refractivity contribution in [3.8, 4) is 5.75 Å². The highest BCUT2D eigenvalue weighted by Crippen LogP contribution is 2.33. The number of sulfonamides is 1. The van der Waals surface area contributed by atoms with Gasteiger partial charge in [0.2, 0.25) is 10.0 Å². The third-order valence-electron chi connectivity index (χ3n) is 4.44. The highest BCUT2D eigenvalue weighted by atomic mass is 35.5. The van der Waals surface area contributed by atoms with Crippen LogP contribution in [0.3, 0.4) is 0 Å². The maximum Gasteiger partial charge on any atom is 0.240 e. The molecule has 3 rings (SSSR count). The van der Waals surface area contributed by atoms with Crippen molar-refractivity contribution in [2.75, 3.05) is 26.3 Å². The first-order valence-electron chi connectivity index (χ1n) is 8.79. The molecule has 0 atom stereocenters. The topological polar surface area (TPSA) is 67.4 Å². The zero-order valence-corrected chi connectivity index (χ0v) is 16.4. The molecule has 2 aromatic carbocycles. The molecule has 0 radical (unpaired) electrons. The van der Waals surface area contributed by atoms with Crippen LogP contribution in [0.1, 0.15) is 16.7 Å². The van der Waals surface area contributed by atoms with E-state index in [2.05, 4.69) is 10.0 Å². The van der Waals surface area contributed by atoms with Gasteiger partial charge in [0.05, 0.1) is 9.92 Å². The largest absolute Gasteiger partial charge is 0.487 e. The molecule has 0 aromatic heterocycles. The lowest BCUT2D eigenvalue weighted by Gasteiger charge is -2.15. The fourth-order valence-electron chi connectivity index (χ4n) is 3.04. The molecule has 8 heteroatoms. The molecule has 1 heterocycles. The van der Waals surface area contributed by atoms with Crippen molar-refractivity contribution in [1.82, 2.24) is 10.0 Å². The second-order valence-electron chi connectivity index (χ2n) is 6.28. The molecule has 5 nitrogen and oxygen atoms in total. The monoisotopic (exact) mass is 412 g/mol. The molecule has 0 fully saturated rings. The van der Waals surface area contributed by atoms with E-state index in [9.17, 15) is 12.8 Å². The molecule has 0 bridgehead atoms. The Hall–Kier alpha value is -1.67. The summed E-state index contributed by atoms with van der Waals surface area (Å²) in [4.78, 5) is 0.0948. The number of halogens is 2. The fourth-order valence-corrected chi connectivity index (χ4v) is 4.28. The second-order valence-corrected chi connectivity index (χ2v) is 8.46. The first kappa shape index (κ1) is 20.1. The van der Waals surface area contributed by atoms with Gasteiger partial charge in [0.15, 0.2) is 0 Å². The smallest absolute Gasteiger partial charge is 0.240 e. The van der Waals surface area contributed by atoms with Crippen LogP contribution in [-0.4, -0.2) is 34.7 Å². The predicted molar refractivity (Wildman–Crippen MR) is 104 cm³/mol. The Labute approximate surface area is 163 Å². The van der Waals surface area contributed by atoms with Gasteiger partial charge in [-0.2, -0.15) is 0 Å². The van der Waals surface area contributed by atoms with E-state index in [-0.39, 0.29) is 18.0 Å². The number of hydrogen-bond donors (Lipinski definition) is 2. The Kier molecular flexibility index (Phi) is 6.70.